The SMILES string of the molecule is CN(C)c1cc(C(=O)NCC(=O)O)ccn1. The number of pyridine rings is 1. The molecule has 0 aromatic carbocycles. The molecule has 6 nitrogen and oxygen atoms in total. The number of amides is 1. The maximum Gasteiger partial charge on any atom is 0.322 e. The summed E-state index contributed by atoms with van der Waals surface area (Å²) < 4.78 is 0. The lowest BCUT2D eigenvalue weighted by molar-refractivity contribution is -0.135. The minimum absolute atomic E-state index is 0.389. The molecule has 0 fully saturated rings. The van der Waals surface area contributed by atoms with E-state index in [2.05, 4.69) is 10.3 Å². The van der Waals surface area contributed by atoms with E-state index in [0.29, 0.717) is 11.4 Å². The van der Waals surface area contributed by atoms with Crippen LogP contribution in [0.3, 0.4) is 0 Å². The Balaban J connectivity index is 2.75. The van der Waals surface area contributed by atoms with Gasteiger partial charge in [0.1, 0.15) is 12.4 Å². The van der Waals surface area contributed by atoms with Gasteiger partial charge in [-0.1, -0.05) is 0 Å². The van der Waals surface area contributed by atoms with Crippen LogP contribution in [0.2, 0.25) is 0 Å². The summed E-state index contributed by atoms with van der Waals surface area (Å²) >= 11 is 0. The molecule has 0 saturated carbocycles. The van der Waals surface area contributed by atoms with Crippen molar-refractivity contribution >= 4 is 17.7 Å². The van der Waals surface area contributed by atoms with Gasteiger partial charge in [0, 0.05) is 25.9 Å². The Morgan fingerprint density at radius 1 is 1.50 bits per heavy atom. The molecule has 0 atom stereocenters. The van der Waals surface area contributed by atoms with Gasteiger partial charge in [-0.2, -0.15) is 0 Å². The topological polar surface area (TPSA) is 82.5 Å². The first-order valence-corrected chi connectivity index (χ1v) is 4.64. The van der Waals surface area contributed by atoms with Crippen molar-refractivity contribution in [1.82, 2.24) is 10.3 Å². The van der Waals surface area contributed by atoms with Crippen LogP contribution in [0.1, 0.15) is 10.4 Å². The zero-order chi connectivity index (χ0) is 12.1. The first kappa shape index (κ1) is 12.0. The molecule has 1 aromatic rings. The van der Waals surface area contributed by atoms with Crippen LogP contribution in [0, 0.1) is 0 Å². The average molecular weight is 223 g/mol. The minimum atomic E-state index is -1.07. The van der Waals surface area contributed by atoms with Gasteiger partial charge in [-0.05, 0) is 12.1 Å². The molecule has 0 unspecified atom stereocenters. The van der Waals surface area contributed by atoms with Gasteiger partial charge in [-0.25, -0.2) is 4.98 Å². The van der Waals surface area contributed by atoms with Crippen LogP contribution >= 0.6 is 0 Å². The number of nitrogens with one attached hydrogen (secondary N) is 1. The van der Waals surface area contributed by atoms with Gasteiger partial charge in [0.25, 0.3) is 5.91 Å². The van der Waals surface area contributed by atoms with Gasteiger partial charge in [0.2, 0.25) is 0 Å². The van der Waals surface area contributed by atoms with Gasteiger partial charge in [-0.15, -0.1) is 0 Å². The quantitative estimate of drug-likeness (QED) is 0.748. The Labute approximate surface area is 92.9 Å². The van der Waals surface area contributed by atoms with Gasteiger partial charge >= 0.3 is 5.97 Å². The third-order valence-corrected chi connectivity index (χ3v) is 1.87. The number of carbonyl (C=O) groups is 2. The van der Waals surface area contributed by atoms with E-state index in [1.54, 1.807) is 25.1 Å². The van der Waals surface area contributed by atoms with Crippen molar-refractivity contribution in [3.63, 3.8) is 0 Å². The van der Waals surface area contributed by atoms with Crippen LogP contribution in [0.5, 0.6) is 0 Å². The fourth-order valence-corrected chi connectivity index (χ4v) is 1.06. The molecule has 16 heavy (non-hydrogen) atoms. The van der Waals surface area contributed by atoms with Gasteiger partial charge in [0.15, 0.2) is 0 Å². The highest BCUT2D eigenvalue weighted by Crippen LogP contribution is 2.09. The van der Waals surface area contributed by atoms with E-state index in [1.165, 1.54) is 12.3 Å². The number of hydrogen-bond donors (Lipinski definition) is 2. The van der Waals surface area contributed by atoms with Crippen molar-refractivity contribution in [3.8, 4) is 0 Å². The lowest BCUT2D eigenvalue weighted by atomic mass is 10.2. The third-order valence-electron chi connectivity index (χ3n) is 1.87. The largest absolute Gasteiger partial charge is 0.480 e. The number of aliphatic carboxylic acids is 1. The lowest BCUT2D eigenvalue weighted by Crippen LogP contribution is -2.29. The summed E-state index contributed by atoms with van der Waals surface area (Å²) in [6.45, 7) is -0.390. The Hall–Kier alpha value is -2.11. The summed E-state index contributed by atoms with van der Waals surface area (Å²) in [5.41, 5.74) is 0.389. The Morgan fingerprint density at radius 3 is 2.75 bits per heavy atom. The fourth-order valence-electron chi connectivity index (χ4n) is 1.06. The second-order valence-electron chi connectivity index (χ2n) is 3.37. The van der Waals surface area contributed by atoms with Crippen LogP contribution in [0.25, 0.3) is 0 Å². The lowest BCUT2D eigenvalue weighted by Gasteiger charge is -2.11. The molecule has 0 aliphatic heterocycles. The smallest absolute Gasteiger partial charge is 0.322 e. The van der Waals surface area contributed by atoms with Crippen LogP contribution in [0.15, 0.2) is 18.3 Å². The highest BCUT2D eigenvalue weighted by Gasteiger charge is 2.08. The van der Waals surface area contributed by atoms with Crippen molar-refractivity contribution in [1.29, 1.82) is 0 Å². The predicted molar refractivity (Wildman–Crippen MR) is 58.5 cm³/mol. The van der Waals surface area contributed by atoms with E-state index in [4.69, 9.17) is 5.11 Å². The summed E-state index contributed by atoms with van der Waals surface area (Å²) in [6, 6.07) is 3.13. The molecule has 0 radical (unpaired) electrons. The van der Waals surface area contributed by atoms with Gasteiger partial charge < -0.3 is 15.3 Å². The van der Waals surface area contributed by atoms with Crippen molar-refractivity contribution in [2.24, 2.45) is 0 Å². The summed E-state index contributed by atoms with van der Waals surface area (Å²) in [5, 5.41) is 10.7. The number of rotatable bonds is 4. The van der Waals surface area contributed by atoms with Gasteiger partial charge in [-0.3, -0.25) is 9.59 Å². The molecule has 1 aromatic heterocycles. The Bertz CT molecular complexity index is 404. The number of anilines is 1. The maximum atomic E-state index is 11.5. The molecule has 2 N–H and O–H groups in total. The van der Waals surface area contributed by atoms with E-state index in [9.17, 15) is 9.59 Å². The fraction of sp³-hybridized carbons (Fsp3) is 0.300. The number of carboxylic acid groups (broad SMARTS) is 1. The average Bonchev–Trinajstić information content (AvgIpc) is 2.26. The molecule has 0 bridgehead atoms. The molecule has 0 aliphatic rings. The highest BCUT2D eigenvalue weighted by atomic mass is 16.4. The van der Waals surface area contributed by atoms with E-state index >= 15 is 0 Å². The first-order chi connectivity index (χ1) is 7.50. The molecular weight excluding hydrogens is 210 g/mol. The van der Waals surface area contributed by atoms with Crippen LogP contribution < -0.4 is 10.2 Å². The Morgan fingerprint density at radius 2 is 2.19 bits per heavy atom. The van der Waals surface area contributed by atoms with Gasteiger partial charge in [0.05, 0.1) is 0 Å². The van der Waals surface area contributed by atoms with Crippen molar-refractivity contribution in [2.45, 2.75) is 0 Å². The number of carbonyl (C=O) groups excluding carboxylic acids is 1. The third kappa shape index (κ3) is 3.23. The van der Waals surface area contributed by atoms with Crippen molar-refractivity contribution in [2.75, 3.05) is 25.5 Å². The maximum absolute atomic E-state index is 11.5. The second-order valence-corrected chi connectivity index (χ2v) is 3.37. The zero-order valence-electron chi connectivity index (χ0n) is 9.10. The molecule has 0 spiro atoms. The van der Waals surface area contributed by atoms with E-state index in [0.717, 1.165) is 0 Å². The number of nitrogens with zero attached hydrogens (tertiary/aromatic N) is 2. The summed E-state index contributed by atoms with van der Waals surface area (Å²) in [6.07, 6.45) is 1.50. The highest BCUT2D eigenvalue weighted by molar-refractivity contribution is 5.96. The molecule has 1 amide bonds. The summed E-state index contributed by atoms with van der Waals surface area (Å²) in [5.74, 6) is -0.855. The monoisotopic (exact) mass is 223 g/mol. The molecule has 6 heteroatoms. The molecule has 0 aliphatic carbocycles. The number of carboxylic acids is 1. The minimum Gasteiger partial charge on any atom is -0.480 e. The number of hydrogen-bond acceptors (Lipinski definition) is 4. The van der Waals surface area contributed by atoms with Crippen LogP contribution in [-0.4, -0.2) is 42.6 Å². The Kier molecular flexibility index (Phi) is 3.82. The molecule has 0 saturated heterocycles. The normalized spacial score (nSPS) is 9.62. The first-order valence-electron chi connectivity index (χ1n) is 4.64. The van der Waals surface area contributed by atoms with Crippen molar-refractivity contribution < 1.29 is 14.7 Å². The molecule has 1 rings (SSSR count). The molecular formula is C10H13N3O3. The second kappa shape index (κ2) is 5.11. The predicted octanol–water partition coefficient (Wildman–Crippen LogP) is -0.0380. The van der Waals surface area contributed by atoms with Crippen LogP contribution in [0.4, 0.5) is 5.82 Å². The van der Waals surface area contributed by atoms with E-state index in [1.807, 2.05) is 0 Å². The van der Waals surface area contributed by atoms with E-state index < -0.39 is 18.4 Å². The van der Waals surface area contributed by atoms with E-state index in [-0.39, 0.29) is 0 Å². The zero-order valence-corrected chi connectivity index (χ0v) is 9.10. The summed E-state index contributed by atoms with van der Waals surface area (Å²) in [4.78, 5) is 27.6. The van der Waals surface area contributed by atoms with Crippen LogP contribution in [-0.2, 0) is 4.79 Å². The standard InChI is InChI=1S/C10H13N3O3/c1-13(2)8-5-7(3-4-11-8)10(16)12-6-9(14)15/h3-5H,6H2,1-2H3,(H,12,16)(H,14,15). The number of aromatic nitrogens is 1. The molecule has 86 valence electrons. The summed E-state index contributed by atoms with van der Waals surface area (Å²) in [7, 11) is 3.61. The van der Waals surface area contributed by atoms with Crippen molar-refractivity contribution in [3.05, 3.63) is 23.9 Å². The molecule has 1 heterocycles.